The minimum Gasteiger partial charge on any atom is -0.497 e. The van der Waals surface area contributed by atoms with Crippen molar-refractivity contribution in [1.82, 2.24) is 0 Å². The smallest absolute Gasteiger partial charge is 0.488 e. The van der Waals surface area contributed by atoms with Crippen molar-refractivity contribution in [3.8, 4) is 11.5 Å². The first-order valence-electron chi connectivity index (χ1n) is 5.91. The molecule has 0 aromatic heterocycles. The van der Waals surface area contributed by atoms with E-state index in [1.807, 2.05) is 24.3 Å². The average molecular weight is 258 g/mol. The van der Waals surface area contributed by atoms with Crippen LogP contribution in [0.5, 0.6) is 11.5 Å². The number of ether oxygens (including phenoxy) is 2. The van der Waals surface area contributed by atoms with Gasteiger partial charge in [-0.05, 0) is 23.2 Å². The Kier molecular flexibility index (Phi) is 4.44. The first kappa shape index (κ1) is 13.5. The fourth-order valence-corrected chi connectivity index (χ4v) is 1.77. The lowest BCUT2D eigenvalue weighted by Gasteiger charge is -2.11. The van der Waals surface area contributed by atoms with Gasteiger partial charge in [-0.15, -0.1) is 0 Å². The Balaban J connectivity index is 2.10. The van der Waals surface area contributed by atoms with Crippen LogP contribution in [0, 0.1) is 0 Å². The first-order valence-corrected chi connectivity index (χ1v) is 5.91. The lowest BCUT2D eigenvalue weighted by molar-refractivity contribution is 0.304. The van der Waals surface area contributed by atoms with Gasteiger partial charge in [-0.25, -0.2) is 0 Å². The molecule has 2 N–H and O–H groups in total. The molecule has 5 heteroatoms. The van der Waals surface area contributed by atoms with Gasteiger partial charge in [0.15, 0.2) is 0 Å². The average Bonchev–Trinajstić information content (AvgIpc) is 2.45. The van der Waals surface area contributed by atoms with Gasteiger partial charge in [0.1, 0.15) is 18.1 Å². The summed E-state index contributed by atoms with van der Waals surface area (Å²) in [5.74, 6) is 1.38. The highest BCUT2D eigenvalue weighted by atomic mass is 16.5. The minimum absolute atomic E-state index is 0.265. The van der Waals surface area contributed by atoms with Gasteiger partial charge >= 0.3 is 7.12 Å². The van der Waals surface area contributed by atoms with Crippen molar-refractivity contribution in [2.45, 2.75) is 6.61 Å². The highest BCUT2D eigenvalue weighted by Gasteiger charge is 2.15. The summed E-state index contributed by atoms with van der Waals surface area (Å²) < 4.78 is 10.7. The van der Waals surface area contributed by atoms with Crippen molar-refractivity contribution in [2.75, 3.05) is 7.11 Å². The summed E-state index contributed by atoms with van der Waals surface area (Å²) in [5.41, 5.74) is 1.19. The third-order valence-electron chi connectivity index (χ3n) is 2.77. The highest BCUT2D eigenvalue weighted by Crippen LogP contribution is 2.19. The molecule has 0 aliphatic rings. The van der Waals surface area contributed by atoms with Crippen LogP contribution in [0.2, 0.25) is 0 Å². The number of hydrogen-bond donors (Lipinski definition) is 2. The van der Waals surface area contributed by atoms with Gasteiger partial charge in [0.05, 0.1) is 7.11 Å². The van der Waals surface area contributed by atoms with E-state index in [1.54, 1.807) is 31.4 Å². The molecule has 0 amide bonds. The monoisotopic (exact) mass is 258 g/mol. The van der Waals surface area contributed by atoms with E-state index in [2.05, 4.69) is 0 Å². The molecule has 0 saturated heterocycles. The van der Waals surface area contributed by atoms with Crippen LogP contribution in [-0.4, -0.2) is 24.3 Å². The summed E-state index contributed by atoms with van der Waals surface area (Å²) in [6.07, 6.45) is 0. The maximum Gasteiger partial charge on any atom is 0.488 e. The molecule has 0 bridgehead atoms. The summed E-state index contributed by atoms with van der Waals surface area (Å²) in [6, 6.07) is 14.3. The molecule has 2 aromatic rings. The van der Waals surface area contributed by atoms with Gasteiger partial charge in [-0.3, -0.25) is 0 Å². The maximum atomic E-state index is 9.26. The summed E-state index contributed by atoms with van der Waals surface area (Å²) >= 11 is 0. The van der Waals surface area contributed by atoms with Crippen molar-refractivity contribution in [3.63, 3.8) is 0 Å². The number of methoxy groups -OCH3 is 1. The van der Waals surface area contributed by atoms with Gasteiger partial charge in [0.25, 0.3) is 0 Å². The lowest BCUT2D eigenvalue weighted by Crippen LogP contribution is -2.33. The molecule has 0 saturated carbocycles. The molecule has 98 valence electrons. The van der Waals surface area contributed by atoms with E-state index >= 15 is 0 Å². The summed E-state index contributed by atoms with van der Waals surface area (Å²) in [5, 5.41) is 18.5. The van der Waals surface area contributed by atoms with Crippen LogP contribution >= 0.6 is 0 Å². The predicted molar refractivity (Wildman–Crippen MR) is 73.6 cm³/mol. The summed E-state index contributed by atoms with van der Waals surface area (Å²) in [6.45, 7) is 0.265. The molecule has 0 radical (unpaired) electrons. The second-order valence-corrected chi connectivity index (χ2v) is 4.04. The third-order valence-corrected chi connectivity index (χ3v) is 2.77. The van der Waals surface area contributed by atoms with E-state index in [4.69, 9.17) is 9.47 Å². The second-order valence-electron chi connectivity index (χ2n) is 4.04. The molecular weight excluding hydrogens is 243 g/mol. The fourth-order valence-electron chi connectivity index (χ4n) is 1.77. The van der Waals surface area contributed by atoms with Crippen molar-refractivity contribution >= 4 is 12.6 Å². The Morgan fingerprint density at radius 2 is 1.74 bits per heavy atom. The molecule has 0 fully saturated rings. The summed E-state index contributed by atoms with van der Waals surface area (Å²) in [7, 11) is 0.0985. The van der Waals surface area contributed by atoms with Crippen molar-refractivity contribution < 1.29 is 19.5 Å². The van der Waals surface area contributed by atoms with Crippen LogP contribution < -0.4 is 14.9 Å². The molecule has 0 unspecified atom stereocenters. The van der Waals surface area contributed by atoms with Crippen LogP contribution in [0.3, 0.4) is 0 Å². The van der Waals surface area contributed by atoms with Crippen LogP contribution in [0.15, 0.2) is 48.5 Å². The van der Waals surface area contributed by atoms with Gasteiger partial charge in [-0.2, -0.15) is 0 Å². The van der Waals surface area contributed by atoms with Crippen molar-refractivity contribution in [2.24, 2.45) is 0 Å². The molecule has 4 nitrogen and oxygen atoms in total. The normalized spacial score (nSPS) is 10.1. The molecule has 0 heterocycles. The van der Waals surface area contributed by atoms with E-state index < -0.39 is 7.12 Å². The number of rotatable bonds is 5. The van der Waals surface area contributed by atoms with E-state index in [0.29, 0.717) is 17.0 Å². The first-order chi connectivity index (χ1) is 9.20. The van der Waals surface area contributed by atoms with Crippen molar-refractivity contribution in [3.05, 3.63) is 54.1 Å². The Morgan fingerprint density at radius 3 is 2.47 bits per heavy atom. The fraction of sp³-hybridized carbons (Fsp3) is 0.143. The summed E-state index contributed by atoms with van der Waals surface area (Å²) in [4.78, 5) is 0. The molecule has 0 aliphatic carbocycles. The van der Waals surface area contributed by atoms with E-state index in [1.165, 1.54) is 0 Å². The molecule has 19 heavy (non-hydrogen) atoms. The predicted octanol–water partition coefficient (Wildman–Crippen LogP) is 0.954. The highest BCUT2D eigenvalue weighted by molar-refractivity contribution is 6.59. The topological polar surface area (TPSA) is 58.9 Å². The van der Waals surface area contributed by atoms with Crippen molar-refractivity contribution in [1.29, 1.82) is 0 Å². The lowest BCUT2D eigenvalue weighted by atomic mass is 9.77. The Hall–Kier alpha value is -1.98. The number of benzene rings is 2. The Morgan fingerprint density at radius 1 is 1.00 bits per heavy atom. The van der Waals surface area contributed by atoms with Gasteiger partial charge < -0.3 is 19.5 Å². The second kappa shape index (κ2) is 6.27. The maximum absolute atomic E-state index is 9.26. The zero-order valence-electron chi connectivity index (χ0n) is 10.6. The van der Waals surface area contributed by atoms with Crippen LogP contribution in [0.4, 0.5) is 0 Å². The van der Waals surface area contributed by atoms with Crippen LogP contribution in [-0.2, 0) is 6.61 Å². The van der Waals surface area contributed by atoms with Gasteiger partial charge in [-0.1, -0.05) is 30.3 Å². The molecule has 0 spiro atoms. The van der Waals surface area contributed by atoms with E-state index in [-0.39, 0.29) is 6.61 Å². The molecular formula is C14H15BO4. The van der Waals surface area contributed by atoms with E-state index in [9.17, 15) is 10.0 Å². The zero-order valence-corrected chi connectivity index (χ0v) is 10.6. The van der Waals surface area contributed by atoms with Crippen LogP contribution in [0.1, 0.15) is 5.56 Å². The largest absolute Gasteiger partial charge is 0.497 e. The van der Waals surface area contributed by atoms with Gasteiger partial charge in [0.2, 0.25) is 0 Å². The standard InChI is InChI=1S/C14H15BO4/c1-18-12-6-4-7-13(9-12)19-10-11-5-2-3-8-14(11)15(16)17/h2-9,16-17H,10H2,1H3. The molecule has 0 atom stereocenters. The van der Waals surface area contributed by atoms with Crippen LogP contribution in [0.25, 0.3) is 0 Å². The SMILES string of the molecule is COc1cccc(OCc2ccccc2B(O)O)c1. The third kappa shape index (κ3) is 3.50. The number of hydrogen-bond acceptors (Lipinski definition) is 4. The quantitative estimate of drug-likeness (QED) is 0.784. The molecule has 0 aliphatic heterocycles. The van der Waals surface area contributed by atoms with Gasteiger partial charge in [0, 0.05) is 6.07 Å². The molecule has 2 aromatic carbocycles. The minimum atomic E-state index is -1.50. The molecule has 2 rings (SSSR count). The van der Waals surface area contributed by atoms with E-state index in [0.717, 1.165) is 5.56 Å². The zero-order chi connectivity index (χ0) is 13.7. The Labute approximate surface area is 112 Å². The Bertz CT molecular complexity index is 542.